The Hall–Kier alpha value is -2.27. The van der Waals surface area contributed by atoms with E-state index in [1.54, 1.807) is 26.8 Å². The summed E-state index contributed by atoms with van der Waals surface area (Å²) in [7, 11) is -2.79. The number of H-pyrrole nitrogens is 2. The molecule has 7 nitrogen and oxygen atoms in total. The largest absolute Gasteiger partial charge is 0.495 e. The van der Waals surface area contributed by atoms with Crippen molar-refractivity contribution >= 4 is 33.8 Å². The van der Waals surface area contributed by atoms with Crippen LogP contribution in [-0.4, -0.2) is 30.7 Å². The monoisotopic (exact) mass is 500 g/mol. The minimum atomic E-state index is -4.14. The smallest absolute Gasteiger partial charge is 0.244 e. The second kappa shape index (κ2) is 10.6. The molecule has 0 unspecified atom stereocenters. The fraction of sp³-hybridized carbons (Fsp3) is 0.333. The molecule has 0 amide bonds. The molecular formula is C21H26ClFN4O3S2. The predicted octanol–water partition coefficient (Wildman–Crippen LogP) is 5.55. The van der Waals surface area contributed by atoms with E-state index in [9.17, 15) is 12.8 Å². The molecular weight excluding hydrogens is 475 g/mol. The first-order valence-corrected chi connectivity index (χ1v) is 11.9. The maximum absolute atomic E-state index is 14.7. The third-order valence-electron chi connectivity index (χ3n) is 5.14. The number of sulfonamides is 1. The summed E-state index contributed by atoms with van der Waals surface area (Å²) in [6.07, 6.45) is 1.62. The van der Waals surface area contributed by atoms with Crippen molar-refractivity contribution in [3.63, 3.8) is 0 Å². The molecule has 0 aliphatic carbocycles. The van der Waals surface area contributed by atoms with Crippen LogP contribution in [0.4, 0.5) is 4.39 Å². The second-order valence-corrected chi connectivity index (χ2v) is 9.70. The Morgan fingerprint density at radius 1 is 1.34 bits per heavy atom. The first-order chi connectivity index (χ1) is 14.9. The van der Waals surface area contributed by atoms with Crippen LogP contribution in [0.5, 0.6) is 5.75 Å². The molecule has 32 heavy (non-hydrogen) atoms. The van der Waals surface area contributed by atoms with Crippen LogP contribution in [0, 0.1) is 10.7 Å². The fourth-order valence-corrected chi connectivity index (χ4v) is 5.11. The summed E-state index contributed by atoms with van der Waals surface area (Å²) in [6, 6.07) is 3.19. The quantitative estimate of drug-likeness (QED) is 0.309. The van der Waals surface area contributed by atoms with Crippen LogP contribution in [0.15, 0.2) is 58.3 Å². The van der Waals surface area contributed by atoms with Gasteiger partial charge >= 0.3 is 0 Å². The summed E-state index contributed by atoms with van der Waals surface area (Å²) in [4.78, 5) is 4.06. The van der Waals surface area contributed by atoms with E-state index in [0.29, 0.717) is 16.2 Å². The Morgan fingerprint density at radius 3 is 2.50 bits per heavy atom. The van der Waals surface area contributed by atoms with Gasteiger partial charge in [-0.2, -0.15) is 4.72 Å². The van der Waals surface area contributed by atoms with Gasteiger partial charge in [0, 0.05) is 17.0 Å². The lowest BCUT2D eigenvalue weighted by atomic mass is 9.86. The highest BCUT2D eigenvalue weighted by Gasteiger charge is 2.33. The van der Waals surface area contributed by atoms with Gasteiger partial charge in [0.25, 0.3) is 0 Å². The maximum atomic E-state index is 14.7. The van der Waals surface area contributed by atoms with Crippen LogP contribution in [-0.2, 0) is 10.0 Å². The molecule has 0 aliphatic heterocycles. The van der Waals surface area contributed by atoms with E-state index in [2.05, 4.69) is 26.5 Å². The molecule has 0 aliphatic rings. The van der Waals surface area contributed by atoms with Crippen molar-refractivity contribution in [1.82, 2.24) is 19.9 Å². The third kappa shape index (κ3) is 5.74. The van der Waals surface area contributed by atoms with Crippen LogP contribution in [0.25, 0.3) is 0 Å². The van der Waals surface area contributed by atoms with Gasteiger partial charge in [-0.1, -0.05) is 31.2 Å². The minimum Gasteiger partial charge on any atom is -0.495 e. The van der Waals surface area contributed by atoms with Crippen LogP contribution in [0.3, 0.4) is 0 Å². The number of benzene rings is 1. The van der Waals surface area contributed by atoms with Crippen molar-refractivity contribution in [2.24, 2.45) is 5.92 Å². The van der Waals surface area contributed by atoms with E-state index in [1.807, 2.05) is 0 Å². The zero-order valence-corrected chi connectivity index (χ0v) is 20.8. The highest BCUT2D eigenvalue weighted by molar-refractivity contribution is 7.89. The zero-order valence-electron chi connectivity index (χ0n) is 18.4. The number of hydrogen-bond donors (Lipinski definition) is 3. The number of halogens is 2. The summed E-state index contributed by atoms with van der Waals surface area (Å²) in [5.74, 6) is -0.834. The third-order valence-corrected chi connectivity index (χ3v) is 7.05. The highest BCUT2D eigenvalue weighted by Crippen LogP contribution is 2.36. The first kappa shape index (κ1) is 26.0. The van der Waals surface area contributed by atoms with Crippen LogP contribution in [0.1, 0.15) is 39.6 Å². The molecule has 1 aromatic carbocycles. The van der Waals surface area contributed by atoms with Crippen molar-refractivity contribution < 1.29 is 17.5 Å². The van der Waals surface area contributed by atoms with E-state index in [1.165, 1.54) is 32.2 Å². The van der Waals surface area contributed by atoms with Crippen molar-refractivity contribution in [2.45, 2.75) is 38.6 Å². The number of ether oxygens (including phenoxy) is 1. The van der Waals surface area contributed by atoms with Gasteiger partial charge in [0.1, 0.15) is 22.3 Å². The number of allylic oxidation sites excluding steroid dienone is 4. The van der Waals surface area contributed by atoms with Gasteiger partial charge in [-0.15, -0.1) is 0 Å². The minimum absolute atomic E-state index is 0.0717. The number of hydrogen-bond acceptors (Lipinski definition) is 5. The van der Waals surface area contributed by atoms with Crippen molar-refractivity contribution in [3.8, 4) is 5.75 Å². The standard InChI is InChI=1S/C21H26ClFN4O3S2/c1-7-11(2)12(3)18(14(5)23)13(4)19(20-24-21(31)26-25-20)27-32(28,29)17-9-8-15(22)10-16(17)30-6/h7-10,13,19,27H,1H2,2-6H3,(H2,24,25,26,31)/b12-11-,18-14-/t13-,19+/m1/s1. The zero-order chi connectivity index (χ0) is 24.2. The second-order valence-electron chi connectivity index (χ2n) is 7.19. The van der Waals surface area contributed by atoms with Crippen molar-refractivity contribution in [1.29, 1.82) is 0 Å². The SMILES string of the molecule is C=C/C(C)=C(C)\C(=C(/C)F)[C@@H](C)[C@H](NS(=O)(=O)c1ccc(Cl)cc1OC)c1nc(=S)[nH][nH]1. The number of methoxy groups -OCH3 is 1. The fourth-order valence-electron chi connectivity index (χ4n) is 3.36. The Labute approximate surface area is 197 Å². The van der Waals surface area contributed by atoms with E-state index < -0.39 is 27.8 Å². The summed E-state index contributed by atoms with van der Waals surface area (Å²) in [5, 5.41) is 5.75. The predicted molar refractivity (Wildman–Crippen MR) is 126 cm³/mol. The molecule has 2 rings (SSSR count). The molecule has 0 fully saturated rings. The molecule has 0 radical (unpaired) electrons. The van der Waals surface area contributed by atoms with Crippen molar-refractivity contribution in [3.05, 3.63) is 69.0 Å². The van der Waals surface area contributed by atoms with Gasteiger partial charge in [0.05, 0.1) is 13.2 Å². The highest BCUT2D eigenvalue weighted by atomic mass is 35.5. The molecule has 0 spiro atoms. The number of rotatable bonds is 9. The Bertz CT molecular complexity index is 1230. The molecule has 0 bridgehead atoms. The Morgan fingerprint density at radius 2 is 2.00 bits per heavy atom. The lowest BCUT2D eigenvalue weighted by Crippen LogP contribution is -2.34. The van der Waals surface area contributed by atoms with Crippen LogP contribution in [0.2, 0.25) is 5.02 Å². The molecule has 2 atom stereocenters. The van der Waals surface area contributed by atoms with Gasteiger partial charge in [-0.3, -0.25) is 10.2 Å². The van der Waals surface area contributed by atoms with Crippen LogP contribution >= 0.6 is 23.8 Å². The van der Waals surface area contributed by atoms with Gasteiger partial charge in [0.15, 0.2) is 0 Å². The average molecular weight is 501 g/mol. The summed E-state index contributed by atoms with van der Waals surface area (Å²) >= 11 is 11.0. The average Bonchev–Trinajstić information content (AvgIpc) is 3.16. The van der Waals surface area contributed by atoms with Gasteiger partial charge in [0.2, 0.25) is 14.8 Å². The van der Waals surface area contributed by atoms with Gasteiger partial charge in [-0.05, 0) is 61.8 Å². The molecule has 2 aromatic rings. The van der Waals surface area contributed by atoms with Crippen molar-refractivity contribution in [2.75, 3.05) is 7.11 Å². The molecule has 3 N–H and O–H groups in total. The lowest BCUT2D eigenvalue weighted by molar-refractivity contribution is 0.400. The molecule has 0 saturated heterocycles. The molecule has 11 heteroatoms. The number of aromatic amines is 2. The lowest BCUT2D eigenvalue weighted by Gasteiger charge is -2.27. The van der Waals surface area contributed by atoms with E-state index in [4.69, 9.17) is 28.6 Å². The molecule has 1 heterocycles. The van der Waals surface area contributed by atoms with Gasteiger partial charge < -0.3 is 4.74 Å². The first-order valence-electron chi connectivity index (χ1n) is 9.59. The summed E-state index contributed by atoms with van der Waals surface area (Å²) < 4.78 is 49.3. The maximum Gasteiger partial charge on any atom is 0.244 e. The van der Waals surface area contributed by atoms with Gasteiger partial charge in [-0.25, -0.2) is 17.8 Å². The number of nitrogens with zero attached hydrogens (tertiary/aromatic N) is 1. The number of nitrogens with one attached hydrogen (secondary N) is 3. The molecule has 174 valence electrons. The van der Waals surface area contributed by atoms with E-state index in [0.717, 1.165) is 5.57 Å². The molecule has 0 saturated carbocycles. The van der Waals surface area contributed by atoms with Crippen LogP contribution < -0.4 is 9.46 Å². The summed E-state index contributed by atoms with van der Waals surface area (Å²) in [5.41, 5.74) is 1.75. The Balaban J connectivity index is 2.64. The van der Waals surface area contributed by atoms with E-state index >= 15 is 0 Å². The normalized spacial score (nSPS) is 15.5. The summed E-state index contributed by atoms with van der Waals surface area (Å²) in [6.45, 7) is 10.3. The topological polar surface area (TPSA) is 99.9 Å². The molecule has 1 aromatic heterocycles. The Kier molecular flexibility index (Phi) is 8.58. The van der Waals surface area contributed by atoms with E-state index in [-0.39, 0.29) is 21.2 Å². The number of aromatic nitrogens is 3.